The van der Waals surface area contributed by atoms with Crippen molar-refractivity contribution in [2.75, 3.05) is 13.2 Å². The average molecular weight is 298 g/mol. The highest BCUT2D eigenvalue weighted by molar-refractivity contribution is 5.00. The first kappa shape index (κ1) is 15.2. The Morgan fingerprint density at radius 3 is 2.29 bits per heavy atom. The molecule has 0 N–H and O–H groups in total. The summed E-state index contributed by atoms with van der Waals surface area (Å²) in [5.74, 6) is 1.05. The van der Waals surface area contributed by atoms with Gasteiger partial charge in [0.05, 0.1) is 6.61 Å². The molecule has 0 radical (unpaired) electrons. The van der Waals surface area contributed by atoms with Crippen molar-refractivity contribution >= 4 is 0 Å². The van der Waals surface area contributed by atoms with E-state index in [1.807, 2.05) is 27.7 Å². The summed E-state index contributed by atoms with van der Waals surface area (Å²) >= 11 is 0. The number of hydrogen-bond acceptors (Lipinski definition) is 6. The van der Waals surface area contributed by atoms with Crippen LogP contribution in [0.3, 0.4) is 0 Å². The van der Waals surface area contributed by atoms with Crippen molar-refractivity contribution in [2.24, 2.45) is 0 Å². The van der Waals surface area contributed by atoms with Crippen LogP contribution in [-0.4, -0.2) is 55.5 Å². The van der Waals surface area contributed by atoms with E-state index in [1.165, 1.54) is 0 Å². The maximum absolute atomic E-state index is 5.99. The molecule has 0 aromatic carbocycles. The zero-order valence-corrected chi connectivity index (χ0v) is 12.8. The van der Waals surface area contributed by atoms with Crippen LogP contribution in [0.25, 0.3) is 0 Å². The van der Waals surface area contributed by atoms with Crippen molar-refractivity contribution in [3.05, 3.63) is 0 Å². The fourth-order valence-electron chi connectivity index (χ4n) is 3.06. The second kappa shape index (κ2) is 5.20. The summed E-state index contributed by atoms with van der Waals surface area (Å²) in [6.45, 7) is 8.03. The van der Waals surface area contributed by atoms with Gasteiger partial charge in [0.1, 0.15) is 31.0 Å². The molecule has 3 aliphatic rings. The summed E-state index contributed by atoms with van der Waals surface area (Å²) < 4.78 is 35.0. The van der Waals surface area contributed by atoms with Crippen LogP contribution in [0.5, 0.6) is 0 Å². The molecule has 3 fully saturated rings. The van der Waals surface area contributed by atoms with Crippen LogP contribution in [0, 0.1) is 12.3 Å². The molecule has 3 heterocycles. The predicted octanol–water partition coefficient (Wildman–Crippen LogP) is 1.03. The van der Waals surface area contributed by atoms with Gasteiger partial charge in [-0.05, 0) is 27.7 Å². The van der Waals surface area contributed by atoms with Crippen LogP contribution in [0.15, 0.2) is 0 Å². The fourth-order valence-corrected chi connectivity index (χ4v) is 3.06. The highest BCUT2D eigenvalue weighted by Gasteiger charge is 2.60. The van der Waals surface area contributed by atoms with Gasteiger partial charge >= 0.3 is 0 Å². The quantitative estimate of drug-likeness (QED) is 0.573. The molecule has 0 aromatic rings. The lowest BCUT2D eigenvalue weighted by molar-refractivity contribution is -0.242. The third-order valence-corrected chi connectivity index (χ3v) is 3.72. The van der Waals surface area contributed by atoms with E-state index in [4.69, 9.17) is 34.8 Å². The zero-order chi connectivity index (χ0) is 15.3. The Morgan fingerprint density at radius 1 is 0.952 bits per heavy atom. The maximum atomic E-state index is 5.99. The molecule has 0 unspecified atom stereocenters. The number of terminal acetylenes is 1. The van der Waals surface area contributed by atoms with E-state index in [0.29, 0.717) is 6.61 Å². The Balaban J connectivity index is 1.77. The van der Waals surface area contributed by atoms with Gasteiger partial charge in [0.25, 0.3) is 0 Å². The number of hydrogen-bond donors (Lipinski definition) is 0. The first-order chi connectivity index (χ1) is 9.81. The summed E-state index contributed by atoms with van der Waals surface area (Å²) in [5, 5.41) is 0. The van der Waals surface area contributed by atoms with Crippen molar-refractivity contribution in [2.45, 2.75) is 70.0 Å². The van der Waals surface area contributed by atoms with Gasteiger partial charge in [0.2, 0.25) is 0 Å². The summed E-state index contributed by atoms with van der Waals surface area (Å²) in [7, 11) is 0. The summed E-state index contributed by atoms with van der Waals surface area (Å²) in [6, 6.07) is 0. The molecule has 0 bridgehead atoms. The van der Waals surface area contributed by atoms with Gasteiger partial charge in [-0.2, -0.15) is 0 Å². The summed E-state index contributed by atoms with van der Waals surface area (Å²) in [5.41, 5.74) is 0. The Bertz CT molecular complexity index is 440. The van der Waals surface area contributed by atoms with Crippen LogP contribution < -0.4 is 0 Å². The van der Waals surface area contributed by atoms with E-state index in [9.17, 15) is 0 Å². The lowest BCUT2D eigenvalue weighted by Crippen LogP contribution is -2.56. The van der Waals surface area contributed by atoms with E-state index >= 15 is 0 Å². The molecule has 6 heteroatoms. The minimum Gasteiger partial charge on any atom is -0.366 e. The van der Waals surface area contributed by atoms with Crippen LogP contribution >= 0.6 is 0 Å². The molecule has 21 heavy (non-hydrogen) atoms. The number of rotatable bonds is 3. The molecule has 0 spiro atoms. The van der Waals surface area contributed by atoms with E-state index in [0.717, 1.165) is 0 Å². The molecular formula is C15H22O6. The van der Waals surface area contributed by atoms with Gasteiger partial charge in [0.15, 0.2) is 17.9 Å². The summed E-state index contributed by atoms with van der Waals surface area (Å²) in [4.78, 5) is 0. The molecule has 0 saturated carbocycles. The average Bonchev–Trinajstić information content (AvgIpc) is 2.84. The highest BCUT2D eigenvalue weighted by atomic mass is 16.9. The molecule has 0 amide bonds. The van der Waals surface area contributed by atoms with Gasteiger partial charge in [-0.3, -0.25) is 0 Å². The lowest BCUT2D eigenvalue weighted by Gasteiger charge is -2.37. The zero-order valence-electron chi connectivity index (χ0n) is 12.8. The smallest absolute Gasteiger partial charge is 0.190 e. The van der Waals surface area contributed by atoms with Crippen LogP contribution in [0.4, 0.5) is 0 Å². The Labute approximate surface area is 125 Å². The third kappa shape index (κ3) is 2.95. The van der Waals surface area contributed by atoms with Gasteiger partial charge in [-0.1, -0.05) is 5.92 Å². The first-order valence-electron chi connectivity index (χ1n) is 7.19. The monoisotopic (exact) mass is 298 g/mol. The number of fused-ring (bicyclic) bond motifs is 3. The van der Waals surface area contributed by atoms with Crippen molar-refractivity contribution < 1.29 is 28.4 Å². The van der Waals surface area contributed by atoms with Gasteiger partial charge in [-0.15, -0.1) is 6.42 Å². The molecule has 3 aliphatic heterocycles. The molecule has 3 saturated heterocycles. The van der Waals surface area contributed by atoms with Gasteiger partial charge < -0.3 is 28.4 Å². The van der Waals surface area contributed by atoms with Crippen molar-refractivity contribution in [1.82, 2.24) is 0 Å². The largest absolute Gasteiger partial charge is 0.366 e. The van der Waals surface area contributed by atoms with Gasteiger partial charge in [0, 0.05) is 0 Å². The van der Waals surface area contributed by atoms with Crippen LogP contribution in [0.2, 0.25) is 0 Å². The van der Waals surface area contributed by atoms with E-state index < -0.39 is 17.9 Å². The van der Waals surface area contributed by atoms with Crippen molar-refractivity contribution in [3.8, 4) is 12.3 Å². The van der Waals surface area contributed by atoms with Crippen LogP contribution in [0.1, 0.15) is 27.7 Å². The second-order valence-electron chi connectivity index (χ2n) is 6.43. The van der Waals surface area contributed by atoms with E-state index in [1.54, 1.807) is 0 Å². The molecule has 5 atom stereocenters. The van der Waals surface area contributed by atoms with E-state index in [-0.39, 0.29) is 31.0 Å². The topological polar surface area (TPSA) is 55.4 Å². The predicted molar refractivity (Wildman–Crippen MR) is 72.2 cm³/mol. The second-order valence-corrected chi connectivity index (χ2v) is 6.43. The first-order valence-corrected chi connectivity index (χ1v) is 7.19. The fraction of sp³-hybridized carbons (Fsp3) is 0.867. The molecule has 6 nitrogen and oxygen atoms in total. The maximum Gasteiger partial charge on any atom is 0.190 e. The Kier molecular flexibility index (Phi) is 3.77. The molecule has 118 valence electrons. The normalized spacial score (nSPS) is 43.1. The van der Waals surface area contributed by atoms with Gasteiger partial charge in [-0.25, -0.2) is 0 Å². The lowest BCUT2D eigenvalue weighted by atomic mass is 9.99. The number of ether oxygens (including phenoxy) is 6. The molecule has 0 aromatic heterocycles. The standard InChI is InChI=1S/C15H22O6/c1-6-7-16-8-9-10-11(19-14(2,3)18-10)12-13(17-9)21-15(4,5)20-12/h1,9-13H,7-8H2,2-5H3/t9-,10+,11+,12-,13-/m1/s1. The SMILES string of the molecule is C#CCOC[C@H]1O[C@@H]2OC(C)(C)O[C@@H]2[C@H]2OC(C)(C)O[C@H]21. The minimum absolute atomic E-state index is 0.235. The van der Waals surface area contributed by atoms with Crippen molar-refractivity contribution in [3.63, 3.8) is 0 Å². The molecule has 3 rings (SSSR count). The van der Waals surface area contributed by atoms with E-state index in [2.05, 4.69) is 5.92 Å². The highest BCUT2D eigenvalue weighted by Crippen LogP contribution is 2.44. The minimum atomic E-state index is -0.704. The Morgan fingerprint density at radius 2 is 1.57 bits per heavy atom. The molecular weight excluding hydrogens is 276 g/mol. The van der Waals surface area contributed by atoms with Crippen LogP contribution in [-0.2, 0) is 28.4 Å². The van der Waals surface area contributed by atoms with Crippen molar-refractivity contribution in [1.29, 1.82) is 0 Å². The molecule has 0 aliphatic carbocycles. The Hall–Kier alpha value is -0.680. The summed E-state index contributed by atoms with van der Waals surface area (Å²) in [6.07, 6.45) is 3.58. The third-order valence-electron chi connectivity index (χ3n) is 3.72.